The van der Waals surface area contributed by atoms with Crippen LogP contribution in [0.1, 0.15) is 5.82 Å². The minimum atomic E-state index is 0.846. The number of hydrogen-bond donors (Lipinski definition) is 0. The fourth-order valence-corrected chi connectivity index (χ4v) is 3.49. The average molecular weight is 224 g/mol. The lowest BCUT2D eigenvalue weighted by atomic mass is 10.0. The van der Waals surface area contributed by atoms with Crippen LogP contribution in [0.25, 0.3) is 0 Å². The van der Waals surface area contributed by atoms with Crippen LogP contribution in [0.4, 0.5) is 5.13 Å². The molecule has 2 atom stereocenters. The molecule has 2 fully saturated rings. The molecule has 2 aliphatic rings. The van der Waals surface area contributed by atoms with Crippen LogP contribution >= 0.6 is 11.5 Å². The van der Waals surface area contributed by atoms with E-state index in [1.54, 1.807) is 0 Å². The Labute approximate surface area is 94.1 Å². The first-order valence-corrected chi connectivity index (χ1v) is 6.23. The highest BCUT2D eigenvalue weighted by Crippen LogP contribution is 2.33. The third-order valence-electron chi connectivity index (χ3n) is 3.46. The monoisotopic (exact) mass is 224 g/mol. The highest BCUT2D eigenvalue weighted by atomic mass is 32.1. The molecule has 1 aromatic rings. The fourth-order valence-electron chi connectivity index (χ4n) is 2.80. The Morgan fingerprint density at radius 2 is 1.87 bits per heavy atom. The summed E-state index contributed by atoms with van der Waals surface area (Å²) in [6.45, 7) is 6.80. The van der Waals surface area contributed by atoms with E-state index >= 15 is 0 Å². The minimum Gasteiger partial charge on any atom is -0.346 e. The molecule has 2 unspecified atom stereocenters. The van der Waals surface area contributed by atoms with E-state index in [0.717, 1.165) is 22.8 Å². The Hall–Kier alpha value is -0.680. The van der Waals surface area contributed by atoms with Crippen molar-refractivity contribution >= 4 is 16.7 Å². The van der Waals surface area contributed by atoms with Crippen LogP contribution in [-0.2, 0) is 0 Å². The molecule has 0 N–H and O–H groups in total. The van der Waals surface area contributed by atoms with Gasteiger partial charge in [-0.25, -0.2) is 4.98 Å². The zero-order chi connectivity index (χ0) is 10.4. The van der Waals surface area contributed by atoms with Gasteiger partial charge in [0.2, 0.25) is 5.13 Å². The lowest BCUT2D eigenvalue weighted by Gasteiger charge is -2.17. The van der Waals surface area contributed by atoms with Crippen molar-refractivity contribution in [3.63, 3.8) is 0 Å². The molecule has 3 heterocycles. The second-order valence-electron chi connectivity index (χ2n) is 4.77. The molecule has 4 nitrogen and oxygen atoms in total. The first kappa shape index (κ1) is 9.54. The Balaban J connectivity index is 1.73. The number of aryl methyl sites for hydroxylation is 1. The largest absolute Gasteiger partial charge is 0.346 e. The Morgan fingerprint density at radius 1 is 1.20 bits per heavy atom. The summed E-state index contributed by atoms with van der Waals surface area (Å²) in [7, 11) is 2.22. The number of fused-ring (bicyclic) bond motifs is 1. The summed E-state index contributed by atoms with van der Waals surface area (Å²) in [5.74, 6) is 2.60. The number of aromatic nitrogens is 2. The van der Waals surface area contributed by atoms with Crippen molar-refractivity contribution in [1.29, 1.82) is 0 Å². The van der Waals surface area contributed by atoms with Crippen molar-refractivity contribution in [3.05, 3.63) is 5.82 Å². The smallest absolute Gasteiger partial charge is 0.205 e. The van der Waals surface area contributed by atoms with E-state index < -0.39 is 0 Å². The van der Waals surface area contributed by atoms with Gasteiger partial charge in [-0.3, -0.25) is 0 Å². The maximum atomic E-state index is 4.46. The van der Waals surface area contributed by atoms with Crippen LogP contribution in [0.3, 0.4) is 0 Å². The molecule has 3 rings (SSSR count). The van der Waals surface area contributed by atoms with Gasteiger partial charge in [-0.15, -0.1) is 0 Å². The van der Waals surface area contributed by atoms with Crippen molar-refractivity contribution in [2.45, 2.75) is 6.92 Å². The molecule has 0 aliphatic carbocycles. The first-order chi connectivity index (χ1) is 7.22. The number of likely N-dealkylation sites (tertiary alicyclic amines) is 1. The molecule has 5 heteroatoms. The van der Waals surface area contributed by atoms with E-state index in [0.29, 0.717) is 0 Å². The molecular formula is C10H16N4S. The van der Waals surface area contributed by atoms with E-state index in [4.69, 9.17) is 0 Å². The highest BCUT2D eigenvalue weighted by molar-refractivity contribution is 7.09. The summed E-state index contributed by atoms with van der Waals surface area (Å²) < 4.78 is 4.25. The van der Waals surface area contributed by atoms with E-state index in [9.17, 15) is 0 Å². The molecular weight excluding hydrogens is 208 g/mol. The maximum Gasteiger partial charge on any atom is 0.205 e. The molecule has 0 saturated carbocycles. The first-order valence-electron chi connectivity index (χ1n) is 5.46. The molecule has 0 bridgehead atoms. The van der Waals surface area contributed by atoms with Gasteiger partial charge in [0.1, 0.15) is 5.82 Å². The zero-order valence-electron chi connectivity index (χ0n) is 9.18. The lowest BCUT2D eigenvalue weighted by molar-refractivity contribution is 0.387. The van der Waals surface area contributed by atoms with Crippen molar-refractivity contribution in [2.24, 2.45) is 11.8 Å². The molecule has 2 saturated heterocycles. The van der Waals surface area contributed by atoms with Crippen LogP contribution in [0.5, 0.6) is 0 Å². The van der Waals surface area contributed by atoms with Crippen LogP contribution in [0.15, 0.2) is 0 Å². The van der Waals surface area contributed by atoms with Crippen molar-refractivity contribution in [3.8, 4) is 0 Å². The van der Waals surface area contributed by atoms with E-state index in [1.165, 1.54) is 37.7 Å². The molecule has 82 valence electrons. The van der Waals surface area contributed by atoms with Gasteiger partial charge in [0, 0.05) is 37.7 Å². The standard InChI is InChI=1S/C10H16N4S/c1-7-11-10(15-12-7)14-5-8-3-13(2)4-9(8)6-14/h8-9H,3-6H2,1-2H3. The van der Waals surface area contributed by atoms with Gasteiger partial charge in [-0.2, -0.15) is 4.37 Å². The number of nitrogens with zero attached hydrogens (tertiary/aromatic N) is 4. The fraction of sp³-hybridized carbons (Fsp3) is 0.800. The summed E-state index contributed by atoms with van der Waals surface area (Å²) in [5.41, 5.74) is 0. The molecule has 0 aromatic carbocycles. The van der Waals surface area contributed by atoms with Gasteiger partial charge in [-0.05, 0) is 25.8 Å². The van der Waals surface area contributed by atoms with Crippen LogP contribution in [0.2, 0.25) is 0 Å². The summed E-state index contributed by atoms with van der Waals surface area (Å²) >= 11 is 1.54. The van der Waals surface area contributed by atoms with Gasteiger partial charge >= 0.3 is 0 Å². The van der Waals surface area contributed by atoms with Crippen molar-refractivity contribution < 1.29 is 0 Å². The van der Waals surface area contributed by atoms with Crippen molar-refractivity contribution in [1.82, 2.24) is 14.3 Å². The topological polar surface area (TPSA) is 32.3 Å². The molecule has 1 aromatic heterocycles. The van der Waals surface area contributed by atoms with Gasteiger partial charge in [-0.1, -0.05) is 0 Å². The second-order valence-corrected chi connectivity index (χ2v) is 5.50. The minimum absolute atomic E-state index is 0.846. The summed E-state index contributed by atoms with van der Waals surface area (Å²) in [6, 6.07) is 0. The highest BCUT2D eigenvalue weighted by Gasteiger charge is 2.39. The Bertz CT molecular complexity index is 350. The number of anilines is 1. The van der Waals surface area contributed by atoms with Crippen LogP contribution in [0, 0.1) is 18.8 Å². The average Bonchev–Trinajstić information content (AvgIpc) is 2.78. The normalized spacial score (nSPS) is 31.2. The number of hydrogen-bond acceptors (Lipinski definition) is 5. The predicted molar refractivity (Wildman–Crippen MR) is 61.3 cm³/mol. The van der Waals surface area contributed by atoms with Crippen LogP contribution in [-0.4, -0.2) is 47.5 Å². The molecule has 0 amide bonds. The predicted octanol–water partition coefficient (Wildman–Crippen LogP) is 0.844. The molecule has 15 heavy (non-hydrogen) atoms. The van der Waals surface area contributed by atoms with Gasteiger partial charge in [0.05, 0.1) is 0 Å². The third kappa shape index (κ3) is 1.63. The van der Waals surface area contributed by atoms with Gasteiger partial charge < -0.3 is 9.80 Å². The van der Waals surface area contributed by atoms with Crippen LogP contribution < -0.4 is 4.90 Å². The molecule has 0 spiro atoms. The van der Waals surface area contributed by atoms with E-state index in [1.807, 2.05) is 6.92 Å². The quantitative estimate of drug-likeness (QED) is 0.708. The zero-order valence-corrected chi connectivity index (χ0v) is 10.00. The van der Waals surface area contributed by atoms with E-state index in [-0.39, 0.29) is 0 Å². The second kappa shape index (κ2) is 3.42. The lowest BCUT2D eigenvalue weighted by Crippen LogP contribution is -2.26. The molecule has 0 radical (unpaired) electrons. The Morgan fingerprint density at radius 3 is 2.40 bits per heavy atom. The summed E-state index contributed by atoms with van der Waals surface area (Å²) in [6.07, 6.45) is 0. The summed E-state index contributed by atoms with van der Waals surface area (Å²) in [4.78, 5) is 9.31. The SMILES string of the molecule is Cc1nsc(N2CC3CN(C)CC3C2)n1. The van der Waals surface area contributed by atoms with Gasteiger partial charge in [0.25, 0.3) is 0 Å². The number of rotatable bonds is 1. The molecule has 2 aliphatic heterocycles. The van der Waals surface area contributed by atoms with Gasteiger partial charge in [0.15, 0.2) is 0 Å². The third-order valence-corrected chi connectivity index (χ3v) is 4.32. The Kier molecular flexibility index (Phi) is 2.17. The van der Waals surface area contributed by atoms with Crippen molar-refractivity contribution in [2.75, 3.05) is 38.1 Å². The summed E-state index contributed by atoms with van der Waals surface area (Å²) in [5, 5.41) is 1.12. The van der Waals surface area contributed by atoms with E-state index in [2.05, 4.69) is 26.2 Å². The maximum absolute atomic E-state index is 4.46.